The lowest BCUT2D eigenvalue weighted by Crippen LogP contribution is -2.18. The number of methoxy groups -OCH3 is 1. The normalized spacial score (nSPS) is 20.7. The largest absolute Gasteiger partial charge is 0.508 e. The number of rotatable bonds is 3. The van der Waals surface area contributed by atoms with Gasteiger partial charge in [-0.1, -0.05) is 19.3 Å². The lowest BCUT2D eigenvalue weighted by molar-refractivity contribution is -0.123. The minimum atomic E-state index is 0.0540. The monoisotopic (exact) mass is 262 g/mol. The van der Waals surface area contributed by atoms with Crippen LogP contribution in [0.25, 0.3) is 0 Å². The molecule has 0 spiro atoms. The number of hydrogen-bond donors (Lipinski definition) is 1. The first-order valence-electron chi connectivity index (χ1n) is 7.09. The molecule has 19 heavy (non-hydrogen) atoms. The van der Waals surface area contributed by atoms with Crippen LogP contribution in [-0.4, -0.2) is 18.0 Å². The Balaban J connectivity index is 2.11. The molecular weight excluding hydrogens is 240 g/mol. The van der Waals surface area contributed by atoms with E-state index in [9.17, 15) is 9.90 Å². The maximum Gasteiger partial charge on any atom is 0.136 e. The van der Waals surface area contributed by atoms with E-state index < -0.39 is 0 Å². The Morgan fingerprint density at radius 3 is 2.84 bits per heavy atom. The number of Topliss-reactive ketones (excluding diaryl/α,β-unsaturated/α-hetero) is 1. The molecule has 0 amide bonds. The highest BCUT2D eigenvalue weighted by molar-refractivity contribution is 5.81. The SMILES string of the molecule is COc1ccc(O)c(CC2CCCCCCC2=O)c1. The third kappa shape index (κ3) is 3.72. The molecule has 1 aliphatic rings. The van der Waals surface area contributed by atoms with Gasteiger partial charge in [0.2, 0.25) is 0 Å². The third-order valence-electron chi connectivity index (χ3n) is 3.93. The van der Waals surface area contributed by atoms with Crippen molar-refractivity contribution in [2.45, 2.75) is 44.9 Å². The molecule has 0 heterocycles. The van der Waals surface area contributed by atoms with E-state index in [0.29, 0.717) is 18.6 Å². The van der Waals surface area contributed by atoms with E-state index >= 15 is 0 Å². The van der Waals surface area contributed by atoms with Crippen LogP contribution in [0.2, 0.25) is 0 Å². The highest BCUT2D eigenvalue weighted by atomic mass is 16.5. The van der Waals surface area contributed by atoms with Crippen LogP contribution in [-0.2, 0) is 11.2 Å². The first kappa shape index (κ1) is 13.9. The molecule has 0 bridgehead atoms. The molecule has 0 saturated heterocycles. The zero-order chi connectivity index (χ0) is 13.7. The van der Waals surface area contributed by atoms with E-state index in [1.165, 1.54) is 12.8 Å². The number of aromatic hydroxyl groups is 1. The molecule has 3 heteroatoms. The van der Waals surface area contributed by atoms with Gasteiger partial charge in [0.15, 0.2) is 0 Å². The van der Waals surface area contributed by atoms with Crippen molar-refractivity contribution in [2.75, 3.05) is 7.11 Å². The average Bonchev–Trinajstić information content (AvgIpc) is 2.40. The van der Waals surface area contributed by atoms with Crippen molar-refractivity contribution in [1.29, 1.82) is 0 Å². The molecule has 0 radical (unpaired) electrons. The second kappa shape index (κ2) is 6.60. The number of phenols is 1. The van der Waals surface area contributed by atoms with Gasteiger partial charge in [-0.05, 0) is 43.0 Å². The molecule has 0 aliphatic heterocycles. The molecule has 1 N–H and O–H groups in total. The van der Waals surface area contributed by atoms with Crippen LogP contribution in [0, 0.1) is 5.92 Å². The molecule has 1 aromatic carbocycles. The molecule has 3 nitrogen and oxygen atoms in total. The molecule has 0 aromatic heterocycles. The Bertz CT molecular complexity index is 440. The van der Waals surface area contributed by atoms with Crippen LogP contribution in [0.3, 0.4) is 0 Å². The predicted molar refractivity (Wildman–Crippen MR) is 74.6 cm³/mol. The van der Waals surface area contributed by atoms with Gasteiger partial charge in [0.1, 0.15) is 17.3 Å². The highest BCUT2D eigenvalue weighted by Gasteiger charge is 2.21. The van der Waals surface area contributed by atoms with Gasteiger partial charge in [-0.15, -0.1) is 0 Å². The van der Waals surface area contributed by atoms with Crippen LogP contribution in [0.15, 0.2) is 18.2 Å². The van der Waals surface area contributed by atoms with Gasteiger partial charge in [0.25, 0.3) is 0 Å². The van der Waals surface area contributed by atoms with Gasteiger partial charge < -0.3 is 9.84 Å². The van der Waals surface area contributed by atoms with Crippen molar-refractivity contribution in [3.8, 4) is 11.5 Å². The van der Waals surface area contributed by atoms with Gasteiger partial charge in [-0.25, -0.2) is 0 Å². The van der Waals surface area contributed by atoms with Crippen molar-refractivity contribution in [2.24, 2.45) is 5.92 Å². The molecule has 1 aliphatic carbocycles. The van der Waals surface area contributed by atoms with Gasteiger partial charge in [0.05, 0.1) is 7.11 Å². The van der Waals surface area contributed by atoms with Crippen LogP contribution in [0.1, 0.15) is 44.1 Å². The summed E-state index contributed by atoms with van der Waals surface area (Å²) in [5.74, 6) is 1.39. The summed E-state index contributed by atoms with van der Waals surface area (Å²) in [5.41, 5.74) is 0.818. The number of carbonyl (C=O) groups is 1. The van der Waals surface area contributed by atoms with Crippen molar-refractivity contribution >= 4 is 5.78 Å². The molecule has 1 aromatic rings. The van der Waals surface area contributed by atoms with E-state index in [2.05, 4.69) is 0 Å². The number of hydrogen-bond acceptors (Lipinski definition) is 3. The van der Waals surface area contributed by atoms with E-state index in [4.69, 9.17) is 4.74 Å². The smallest absolute Gasteiger partial charge is 0.136 e. The second-order valence-electron chi connectivity index (χ2n) is 5.31. The third-order valence-corrected chi connectivity index (χ3v) is 3.93. The predicted octanol–water partition coefficient (Wildman–Crippen LogP) is 3.48. The Morgan fingerprint density at radius 2 is 2.05 bits per heavy atom. The van der Waals surface area contributed by atoms with E-state index in [0.717, 1.165) is 30.6 Å². The standard InChI is InChI=1S/C16H22O3/c1-19-14-8-9-16(18)13(11-14)10-12-6-4-2-3-5-7-15(12)17/h8-9,11-12,18H,2-7,10H2,1H3. The summed E-state index contributed by atoms with van der Waals surface area (Å²) in [4.78, 5) is 12.1. The van der Waals surface area contributed by atoms with Gasteiger partial charge in [-0.3, -0.25) is 4.79 Å². The lowest BCUT2D eigenvalue weighted by Gasteiger charge is -2.19. The molecular formula is C16H22O3. The maximum absolute atomic E-state index is 12.1. The summed E-state index contributed by atoms with van der Waals surface area (Å²) in [7, 11) is 1.61. The number of phenolic OH excluding ortho intramolecular Hbond substituents is 1. The minimum absolute atomic E-state index is 0.0540. The maximum atomic E-state index is 12.1. The summed E-state index contributed by atoms with van der Waals surface area (Å²) >= 11 is 0. The fourth-order valence-corrected chi connectivity index (χ4v) is 2.74. The van der Waals surface area contributed by atoms with Crippen molar-refractivity contribution < 1.29 is 14.6 Å². The molecule has 1 unspecified atom stereocenters. The van der Waals surface area contributed by atoms with E-state index in [-0.39, 0.29) is 11.7 Å². The number of ketones is 1. The van der Waals surface area contributed by atoms with Crippen LogP contribution >= 0.6 is 0 Å². The molecule has 1 saturated carbocycles. The molecule has 2 rings (SSSR count). The van der Waals surface area contributed by atoms with Gasteiger partial charge in [-0.2, -0.15) is 0 Å². The highest BCUT2D eigenvalue weighted by Crippen LogP contribution is 2.29. The zero-order valence-electron chi connectivity index (χ0n) is 11.5. The molecule has 104 valence electrons. The fraction of sp³-hybridized carbons (Fsp3) is 0.562. The number of benzene rings is 1. The minimum Gasteiger partial charge on any atom is -0.508 e. The van der Waals surface area contributed by atoms with E-state index in [1.54, 1.807) is 19.2 Å². The summed E-state index contributed by atoms with van der Waals surface area (Å²) in [6.45, 7) is 0. The van der Waals surface area contributed by atoms with E-state index in [1.807, 2.05) is 6.07 Å². The van der Waals surface area contributed by atoms with Crippen LogP contribution < -0.4 is 4.74 Å². The lowest BCUT2D eigenvalue weighted by atomic mass is 9.85. The Morgan fingerprint density at radius 1 is 1.26 bits per heavy atom. The van der Waals surface area contributed by atoms with Crippen molar-refractivity contribution in [1.82, 2.24) is 0 Å². The zero-order valence-corrected chi connectivity index (χ0v) is 11.5. The second-order valence-corrected chi connectivity index (χ2v) is 5.31. The Kier molecular flexibility index (Phi) is 4.83. The summed E-state index contributed by atoms with van der Waals surface area (Å²) in [6, 6.07) is 5.21. The molecule has 1 fully saturated rings. The van der Waals surface area contributed by atoms with Crippen LogP contribution in [0.5, 0.6) is 11.5 Å². The van der Waals surface area contributed by atoms with Crippen molar-refractivity contribution in [3.05, 3.63) is 23.8 Å². The topological polar surface area (TPSA) is 46.5 Å². The Hall–Kier alpha value is -1.51. The summed E-state index contributed by atoms with van der Waals surface area (Å²) in [6.07, 6.45) is 6.77. The average molecular weight is 262 g/mol. The summed E-state index contributed by atoms with van der Waals surface area (Å²) < 4.78 is 5.17. The number of ether oxygens (including phenoxy) is 1. The van der Waals surface area contributed by atoms with Gasteiger partial charge >= 0.3 is 0 Å². The van der Waals surface area contributed by atoms with Crippen molar-refractivity contribution in [3.63, 3.8) is 0 Å². The van der Waals surface area contributed by atoms with Crippen LogP contribution in [0.4, 0.5) is 0 Å². The quantitative estimate of drug-likeness (QED) is 0.907. The fourth-order valence-electron chi connectivity index (χ4n) is 2.74. The first-order valence-corrected chi connectivity index (χ1v) is 7.09. The van der Waals surface area contributed by atoms with Gasteiger partial charge in [0, 0.05) is 12.3 Å². The molecule has 1 atom stereocenters. The Labute approximate surface area is 114 Å². The number of carbonyl (C=O) groups excluding carboxylic acids is 1. The summed E-state index contributed by atoms with van der Waals surface area (Å²) in [5, 5.41) is 9.91. The first-order chi connectivity index (χ1) is 9.20.